The molecular formula is C10H9NS2. The number of thiazole rings is 1. The molecule has 3 heteroatoms. The molecule has 1 heterocycles. The molecule has 0 fully saturated rings. The van der Waals surface area contributed by atoms with Gasteiger partial charge in [0.2, 0.25) is 0 Å². The van der Waals surface area contributed by atoms with Gasteiger partial charge in [-0.05, 0) is 0 Å². The zero-order valence-corrected chi connectivity index (χ0v) is 8.68. The van der Waals surface area contributed by atoms with E-state index in [1.807, 2.05) is 18.2 Å². The standard InChI is InChI=1S/C10H9NS2/c12-6-10-11-9(7-13-10)8-4-2-1-3-5-8/h1-5,7,12H,6H2. The summed E-state index contributed by atoms with van der Waals surface area (Å²) in [6.07, 6.45) is 0. The normalized spacial score (nSPS) is 10.2. The second-order valence-electron chi connectivity index (χ2n) is 2.65. The number of aromatic nitrogens is 1. The van der Waals surface area contributed by atoms with E-state index in [4.69, 9.17) is 0 Å². The lowest BCUT2D eigenvalue weighted by Gasteiger charge is -1.93. The molecule has 0 bridgehead atoms. The minimum Gasteiger partial charge on any atom is -0.240 e. The van der Waals surface area contributed by atoms with Gasteiger partial charge in [0, 0.05) is 16.7 Å². The van der Waals surface area contributed by atoms with Crippen molar-refractivity contribution in [2.75, 3.05) is 0 Å². The third-order valence-electron chi connectivity index (χ3n) is 1.76. The molecule has 1 aromatic heterocycles. The molecule has 1 aromatic carbocycles. The highest BCUT2D eigenvalue weighted by molar-refractivity contribution is 7.79. The van der Waals surface area contributed by atoms with Gasteiger partial charge in [0.05, 0.1) is 5.69 Å². The van der Waals surface area contributed by atoms with Crippen LogP contribution in [0.2, 0.25) is 0 Å². The number of nitrogens with zero attached hydrogens (tertiary/aromatic N) is 1. The molecule has 2 aromatic rings. The van der Waals surface area contributed by atoms with Crippen molar-refractivity contribution in [3.8, 4) is 11.3 Å². The van der Waals surface area contributed by atoms with Crippen LogP contribution in [0.25, 0.3) is 11.3 Å². The van der Waals surface area contributed by atoms with Crippen LogP contribution < -0.4 is 0 Å². The number of hydrogen-bond acceptors (Lipinski definition) is 3. The van der Waals surface area contributed by atoms with Crippen molar-refractivity contribution in [3.05, 3.63) is 40.7 Å². The second-order valence-corrected chi connectivity index (χ2v) is 3.91. The van der Waals surface area contributed by atoms with Gasteiger partial charge in [0.25, 0.3) is 0 Å². The average molecular weight is 207 g/mol. The summed E-state index contributed by atoms with van der Waals surface area (Å²) in [6, 6.07) is 10.2. The Balaban J connectivity index is 2.36. The molecule has 0 aliphatic carbocycles. The first kappa shape index (κ1) is 8.78. The monoisotopic (exact) mass is 207 g/mol. The van der Waals surface area contributed by atoms with Crippen molar-refractivity contribution in [1.82, 2.24) is 4.98 Å². The van der Waals surface area contributed by atoms with Crippen LogP contribution in [0.3, 0.4) is 0 Å². The summed E-state index contributed by atoms with van der Waals surface area (Å²) in [5.41, 5.74) is 2.22. The molecule has 0 amide bonds. The maximum absolute atomic E-state index is 4.44. The molecule has 0 aliphatic heterocycles. The molecular weight excluding hydrogens is 198 g/mol. The van der Waals surface area contributed by atoms with Gasteiger partial charge in [-0.2, -0.15) is 12.6 Å². The maximum atomic E-state index is 4.44. The van der Waals surface area contributed by atoms with Gasteiger partial charge >= 0.3 is 0 Å². The fourth-order valence-corrected chi connectivity index (χ4v) is 2.08. The molecule has 0 radical (unpaired) electrons. The fraction of sp³-hybridized carbons (Fsp3) is 0.100. The van der Waals surface area contributed by atoms with Gasteiger partial charge in [0.15, 0.2) is 0 Å². The Labute approximate surface area is 86.9 Å². The van der Waals surface area contributed by atoms with E-state index < -0.39 is 0 Å². The maximum Gasteiger partial charge on any atom is 0.103 e. The van der Waals surface area contributed by atoms with E-state index in [2.05, 4.69) is 35.1 Å². The molecule has 13 heavy (non-hydrogen) atoms. The quantitative estimate of drug-likeness (QED) is 0.746. The minimum absolute atomic E-state index is 0.720. The van der Waals surface area contributed by atoms with E-state index in [0.29, 0.717) is 0 Å². The summed E-state index contributed by atoms with van der Waals surface area (Å²) in [6.45, 7) is 0. The Bertz CT molecular complexity index is 381. The summed E-state index contributed by atoms with van der Waals surface area (Å²) in [5.74, 6) is 0.720. The molecule has 1 nitrogen and oxygen atoms in total. The van der Waals surface area contributed by atoms with Crippen molar-refractivity contribution in [1.29, 1.82) is 0 Å². The lowest BCUT2D eigenvalue weighted by molar-refractivity contribution is 1.28. The van der Waals surface area contributed by atoms with Crippen LogP contribution >= 0.6 is 24.0 Å². The van der Waals surface area contributed by atoms with Crippen molar-refractivity contribution in [2.45, 2.75) is 5.75 Å². The van der Waals surface area contributed by atoms with Gasteiger partial charge in [0.1, 0.15) is 5.01 Å². The van der Waals surface area contributed by atoms with E-state index in [1.54, 1.807) is 11.3 Å². The van der Waals surface area contributed by atoms with Crippen molar-refractivity contribution >= 4 is 24.0 Å². The Morgan fingerprint density at radius 2 is 2.00 bits per heavy atom. The highest BCUT2D eigenvalue weighted by Gasteiger charge is 2.01. The van der Waals surface area contributed by atoms with Gasteiger partial charge in [-0.15, -0.1) is 11.3 Å². The van der Waals surface area contributed by atoms with E-state index in [-0.39, 0.29) is 0 Å². The zero-order chi connectivity index (χ0) is 9.10. The van der Waals surface area contributed by atoms with E-state index in [1.165, 1.54) is 5.56 Å². The van der Waals surface area contributed by atoms with Crippen LogP contribution in [0.15, 0.2) is 35.7 Å². The summed E-state index contributed by atoms with van der Waals surface area (Å²) in [4.78, 5) is 4.44. The van der Waals surface area contributed by atoms with E-state index in [9.17, 15) is 0 Å². The number of rotatable bonds is 2. The summed E-state index contributed by atoms with van der Waals surface area (Å²) in [7, 11) is 0. The van der Waals surface area contributed by atoms with Crippen molar-refractivity contribution < 1.29 is 0 Å². The Kier molecular flexibility index (Phi) is 2.66. The first-order valence-electron chi connectivity index (χ1n) is 4.01. The predicted octanol–water partition coefficient (Wildman–Crippen LogP) is 3.24. The topological polar surface area (TPSA) is 12.9 Å². The number of thiol groups is 1. The summed E-state index contributed by atoms with van der Waals surface area (Å²) in [5, 5.41) is 3.14. The van der Waals surface area contributed by atoms with Gasteiger partial charge in [-0.1, -0.05) is 30.3 Å². The van der Waals surface area contributed by atoms with Crippen LogP contribution in [0, 0.1) is 0 Å². The highest BCUT2D eigenvalue weighted by atomic mass is 32.1. The first-order chi connectivity index (χ1) is 6.40. The molecule has 2 rings (SSSR count). The zero-order valence-electron chi connectivity index (χ0n) is 6.97. The fourth-order valence-electron chi connectivity index (χ4n) is 1.13. The highest BCUT2D eigenvalue weighted by Crippen LogP contribution is 2.21. The van der Waals surface area contributed by atoms with Crippen molar-refractivity contribution in [3.63, 3.8) is 0 Å². The molecule has 0 unspecified atom stereocenters. The summed E-state index contributed by atoms with van der Waals surface area (Å²) < 4.78 is 0. The van der Waals surface area contributed by atoms with E-state index in [0.717, 1.165) is 16.5 Å². The largest absolute Gasteiger partial charge is 0.240 e. The van der Waals surface area contributed by atoms with Crippen LogP contribution in [0.4, 0.5) is 0 Å². The van der Waals surface area contributed by atoms with Crippen LogP contribution in [-0.4, -0.2) is 4.98 Å². The van der Waals surface area contributed by atoms with Crippen LogP contribution in [0.1, 0.15) is 5.01 Å². The molecule has 0 spiro atoms. The van der Waals surface area contributed by atoms with E-state index >= 15 is 0 Å². The van der Waals surface area contributed by atoms with Crippen molar-refractivity contribution in [2.24, 2.45) is 0 Å². The summed E-state index contributed by atoms with van der Waals surface area (Å²) >= 11 is 5.84. The predicted molar refractivity (Wildman–Crippen MR) is 60.2 cm³/mol. The number of benzene rings is 1. The lowest BCUT2D eigenvalue weighted by Crippen LogP contribution is -1.78. The third kappa shape index (κ3) is 1.92. The molecule has 0 saturated heterocycles. The Hall–Kier alpha value is -0.800. The second kappa shape index (κ2) is 3.94. The first-order valence-corrected chi connectivity index (χ1v) is 5.52. The molecule has 0 aliphatic rings. The Morgan fingerprint density at radius 3 is 2.62 bits per heavy atom. The van der Waals surface area contributed by atoms with Crippen LogP contribution in [0.5, 0.6) is 0 Å². The third-order valence-corrected chi connectivity index (χ3v) is 3.12. The average Bonchev–Trinajstić information content (AvgIpc) is 2.67. The molecule has 0 atom stereocenters. The van der Waals surface area contributed by atoms with Gasteiger partial charge in [-0.3, -0.25) is 0 Å². The smallest absolute Gasteiger partial charge is 0.103 e. The lowest BCUT2D eigenvalue weighted by atomic mass is 10.2. The SMILES string of the molecule is SCc1nc(-c2ccccc2)cs1. The van der Waals surface area contributed by atoms with Crippen LogP contribution in [-0.2, 0) is 5.75 Å². The minimum atomic E-state index is 0.720. The number of hydrogen-bond donors (Lipinski definition) is 1. The Morgan fingerprint density at radius 1 is 1.23 bits per heavy atom. The molecule has 66 valence electrons. The molecule has 0 N–H and O–H groups in total. The van der Waals surface area contributed by atoms with Gasteiger partial charge < -0.3 is 0 Å². The van der Waals surface area contributed by atoms with Gasteiger partial charge in [-0.25, -0.2) is 4.98 Å². The molecule has 0 saturated carbocycles.